The van der Waals surface area contributed by atoms with E-state index in [1.54, 1.807) is 4.90 Å². The number of aromatic amines is 1. The van der Waals surface area contributed by atoms with Crippen molar-refractivity contribution in [1.82, 2.24) is 14.8 Å². The third-order valence-electron chi connectivity index (χ3n) is 5.71. The average molecular weight is 439 g/mol. The fourth-order valence-electron chi connectivity index (χ4n) is 3.76. The molecule has 0 aliphatic carbocycles. The van der Waals surface area contributed by atoms with Gasteiger partial charge in [0.15, 0.2) is 0 Å². The normalized spacial score (nSPS) is 11.2. The van der Waals surface area contributed by atoms with Crippen molar-refractivity contribution in [1.29, 1.82) is 0 Å². The molecular formula is C25H31FN4O2. The zero-order chi connectivity index (χ0) is 23.1. The van der Waals surface area contributed by atoms with Crippen molar-refractivity contribution in [2.75, 3.05) is 31.5 Å². The molecule has 0 bridgehead atoms. The summed E-state index contributed by atoms with van der Waals surface area (Å²) >= 11 is 0. The number of hydrogen-bond donors (Lipinski definition) is 2. The molecular weight excluding hydrogens is 407 g/mol. The quantitative estimate of drug-likeness (QED) is 0.507. The Balaban J connectivity index is 1.81. The van der Waals surface area contributed by atoms with Gasteiger partial charge in [0, 0.05) is 17.8 Å². The third-order valence-corrected chi connectivity index (χ3v) is 5.71. The molecule has 0 aliphatic heterocycles. The van der Waals surface area contributed by atoms with E-state index in [1.165, 1.54) is 24.3 Å². The molecule has 7 heteroatoms. The van der Waals surface area contributed by atoms with E-state index >= 15 is 0 Å². The van der Waals surface area contributed by atoms with Crippen LogP contribution in [-0.4, -0.2) is 47.0 Å². The van der Waals surface area contributed by atoms with Gasteiger partial charge >= 0.3 is 6.03 Å². The number of anilines is 1. The molecule has 6 nitrogen and oxygen atoms in total. The second-order valence-corrected chi connectivity index (χ2v) is 7.90. The van der Waals surface area contributed by atoms with Gasteiger partial charge in [0.1, 0.15) is 5.82 Å². The molecule has 1 aromatic heterocycles. The fourth-order valence-corrected chi connectivity index (χ4v) is 3.76. The second-order valence-electron chi connectivity index (χ2n) is 7.90. The third kappa shape index (κ3) is 5.95. The number of fused-ring (bicyclic) bond motifs is 1. The molecule has 2 N–H and O–H groups in total. The summed E-state index contributed by atoms with van der Waals surface area (Å²) in [7, 11) is 0. The van der Waals surface area contributed by atoms with E-state index in [0.717, 1.165) is 42.5 Å². The number of amides is 2. The number of pyridine rings is 1. The number of aromatic nitrogens is 1. The first kappa shape index (κ1) is 23.5. The maximum atomic E-state index is 13.2. The van der Waals surface area contributed by atoms with Crippen molar-refractivity contribution >= 4 is 22.6 Å². The van der Waals surface area contributed by atoms with Gasteiger partial charge in [-0.15, -0.1) is 0 Å². The summed E-state index contributed by atoms with van der Waals surface area (Å²) in [6, 6.07) is 13.0. The topological polar surface area (TPSA) is 68.4 Å². The number of hydrogen-bond acceptors (Lipinski definition) is 3. The minimum absolute atomic E-state index is 0.185. The first-order valence-electron chi connectivity index (χ1n) is 11.1. The number of H-pyrrole nitrogens is 1. The molecule has 170 valence electrons. The molecule has 2 aromatic carbocycles. The lowest BCUT2D eigenvalue weighted by molar-refractivity contribution is 0.202. The number of carbonyl (C=O) groups is 1. The summed E-state index contributed by atoms with van der Waals surface area (Å²) in [6.45, 7) is 9.61. The zero-order valence-corrected chi connectivity index (χ0v) is 19.0. The smallest absolute Gasteiger partial charge is 0.321 e. The number of rotatable bonds is 9. The molecule has 2 amide bonds. The molecule has 1 heterocycles. The number of para-hydroxylation sites is 1. The van der Waals surface area contributed by atoms with Crippen molar-refractivity contribution in [2.45, 2.75) is 33.7 Å². The number of benzene rings is 2. The number of nitrogens with one attached hydrogen (secondary N) is 2. The number of halogens is 1. The first-order valence-corrected chi connectivity index (χ1v) is 11.1. The summed E-state index contributed by atoms with van der Waals surface area (Å²) in [5.41, 5.74) is 2.64. The minimum atomic E-state index is -0.364. The van der Waals surface area contributed by atoms with Crippen LogP contribution in [0.5, 0.6) is 0 Å². The molecule has 0 aliphatic rings. The van der Waals surface area contributed by atoms with Gasteiger partial charge in [0.05, 0.1) is 12.1 Å². The monoisotopic (exact) mass is 438 g/mol. The van der Waals surface area contributed by atoms with Gasteiger partial charge in [0.25, 0.3) is 5.56 Å². The lowest BCUT2D eigenvalue weighted by Crippen LogP contribution is -2.38. The Morgan fingerprint density at radius 1 is 1.06 bits per heavy atom. The van der Waals surface area contributed by atoms with Crippen molar-refractivity contribution in [3.63, 3.8) is 0 Å². The summed E-state index contributed by atoms with van der Waals surface area (Å²) < 4.78 is 13.2. The Bertz CT molecular complexity index is 1110. The maximum absolute atomic E-state index is 13.2. The highest BCUT2D eigenvalue weighted by atomic mass is 19.1. The maximum Gasteiger partial charge on any atom is 0.322 e. The Morgan fingerprint density at radius 3 is 2.47 bits per heavy atom. The van der Waals surface area contributed by atoms with Crippen LogP contribution >= 0.6 is 0 Å². The first-order chi connectivity index (χ1) is 15.4. The molecule has 0 saturated carbocycles. The summed E-state index contributed by atoms with van der Waals surface area (Å²) in [5, 5.41) is 3.75. The van der Waals surface area contributed by atoms with Gasteiger partial charge < -0.3 is 20.1 Å². The molecule has 0 radical (unpaired) electrons. The second kappa shape index (κ2) is 10.9. The van der Waals surface area contributed by atoms with E-state index in [9.17, 15) is 14.0 Å². The Labute approximate surface area is 188 Å². The highest BCUT2D eigenvalue weighted by molar-refractivity contribution is 5.89. The van der Waals surface area contributed by atoms with Crippen LogP contribution in [0, 0.1) is 12.7 Å². The van der Waals surface area contributed by atoms with E-state index in [1.807, 2.05) is 31.2 Å². The van der Waals surface area contributed by atoms with Crippen molar-refractivity contribution in [2.24, 2.45) is 0 Å². The van der Waals surface area contributed by atoms with Crippen LogP contribution in [0.2, 0.25) is 0 Å². The highest BCUT2D eigenvalue weighted by Gasteiger charge is 2.17. The predicted octanol–water partition coefficient (Wildman–Crippen LogP) is 4.74. The van der Waals surface area contributed by atoms with Crippen LogP contribution in [0.25, 0.3) is 10.9 Å². The molecule has 0 spiro atoms. The van der Waals surface area contributed by atoms with Crippen molar-refractivity contribution in [3.8, 4) is 0 Å². The van der Waals surface area contributed by atoms with Crippen LogP contribution in [-0.2, 0) is 6.54 Å². The molecule has 3 aromatic rings. The molecule has 3 rings (SSSR count). The number of carbonyl (C=O) groups excluding carboxylic acids is 1. The van der Waals surface area contributed by atoms with E-state index < -0.39 is 0 Å². The van der Waals surface area contributed by atoms with Crippen molar-refractivity contribution < 1.29 is 9.18 Å². The van der Waals surface area contributed by atoms with E-state index in [0.29, 0.717) is 17.8 Å². The van der Waals surface area contributed by atoms with Gasteiger partial charge in [-0.2, -0.15) is 0 Å². The summed E-state index contributed by atoms with van der Waals surface area (Å²) in [4.78, 5) is 32.7. The highest BCUT2D eigenvalue weighted by Crippen LogP contribution is 2.17. The summed E-state index contributed by atoms with van der Waals surface area (Å²) in [5.74, 6) is -0.364. The Morgan fingerprint density at radius 2 is 1.78 bits per heavy atom. The fraction of sp³-hybridized carbons (Fsp3) is 0.360. The number of aryl methyl sites for hydroxylation is 1. The van der Waals surface area contributed by atoms with Crippen LogP contribution in [0.1, 0.15) is 31.4 Å². The Kier molecular flexibility index (Phi) is 8.00. The van der Waals surface area contributed by atoms with Crippen LogP contribution in [0.4, 0.5) is 14.9 Å². The van der Waals surface area contributed by atoms with E-state index in [2.05, 4.69) is 29.0 Å². The van der Waals surface area contributed by atoms with Gasteiger partial charge in [-0.3, -0.25) is 4.79 Å². The molecule has 0 atom stereocenters. The SMILES string of the molecule is CCN(CC)CCCN(Cc1cc2cccc(C)c2[nH]c1=O)C(=O)Nc1ccc(F)cc1. The van der Waals surface area contributed by atoms with Crippen LogP contribution in [0.3, 0.4) is 0 Å². The van der Waals surface area contributed by atoms with Gasteiger partial charge in [-0.1, -0.05) is 32.0 Å². The van der Waals surface area contributed by atoms with Gasteiger partial charge in [0.2, 0.25) is 0 Å². The standard InChI is InChI=1S/C25H31FN4O2/c1-4-29(5-2)14-7-15-30(25(32)27-22-12-10-21(26)11-13-22)17-20-16-19-9-6-8-18(3)23(19)28-24(20)31/h6,8-13,16H,4-5,7,14-15,17H2,1-3H3,(H,27,32)(H,28,31). The van der Waals surface area contributed by atoms with Crippen molar-refractivity contribution in [3.05, 3.63) is 75.8 Å². The predicted molar refractivity (Wildman–Crippen MR) is 128 cm³/mol. The summed E-state index contributed by atoms with van der Waals surface area (Å²) in [6.07, 6.45) is 0.781. The Hall–Kier alpha value is -3.19. The lowest BCUT2D eigenvalue weighted by Gasteiger charge is -2.25. The van der Waals surface area contributed by atoms with E-state index in [4.69, 9.17) is 0 Å². The molecule has 0 saturated heterocycles. The minimum Gasteiger partial charge on any atom is -0.321 e. The molecule has 32 heavy (non-hydrogen) atoms. The van der Waals surface area contributed by atoms with Crippen LogP contribution < -0.4 is 10.9 Å². The lowest BCUT2D eigenvalue weighted by atomic mass is 10.1. The number of urea groups is 1. The van der Waals surface area contributed by atoms with Crippen LogP contribution in [0.15, 0.2) is 53.3 Å². The molecule has 0 unspecified atom stereocenters. The number of nitrogens with zero attached hydrogens (tertiary/aromatic N) is 2. The largest absolute Gasteiger partial charge is 0.322 e. The van der Waals surface area contributed by atoms with Gasteiger partial charge in [-0.05, 0) is 74.3 Å². The average Bonchev–Trinajstić information content (AvgIpc) is 2.78. The van der Waals surface area contributed by atoms with E-state index in [-0.39, 0.29) is 24.0 Å². The van der Waals surface area contributed by atoms with Gasteiger partial charge in [-0.25, -0.2) is 9.18 Å². The molecule has 0 fully saturated rings. The zero-order valence-electron chi connectivity index (χ0n) is 19.0.